The number of hydrogen-bond acceptors (Lipinski definition) is 5. The maximum absolute atomic E-state index is 11.8. The Morgan fingerprint density at radius 3 is 2.61 bits per heavy atom. The van der Waals surface area contributed by atoms with Crippen LogP contribution in [0.5, 0.6) is 0 Å². The van der Waals surface area contributed by atoms with Crippen LogP contribution in [-0.4, -0.2) is 35.9 Å². The third kappa shape index (κ3) is 2.82. The molecule has 0 saturated heterocycles. The Bertz CT molecular complexity index is 552. The van der Waals surface area contributed by atoms with Crippen LogP contribution in [0.4, 0.5) is 0 Å². The van der Waals surface area contributed by atoms with Gasteiger partial charge in [-0.3, -0.25) is 4.79 Å². The number of carbonyl (C=O) groups excluding carboxylic acids is 2. The molecule has 0 heterocycles. The van der Waals surface area contributed by atoms with Crippen molar-refractivity contribution in [3.05, 3.63) is 24.3 Å². The van der Waals surface area contributed by atoms with Gasteiger partial charge in [0.05, 0.1) is 12.7 Å². The number of methoxy groups -OCH3 is 1. The van der Waals surface area contributed by atoms with Crippen molar-refractivity contribution < 1.29 is 24.2 Å². The van der Waals surface area contributed by atoms with E-state index in [9.17, 15) is 14.7 Å². The molecule has 4 atom stereocenters. The Morgan fingerprint density at radius 2 is 2.04 bits per heavy atom. The van der Waals surface area contributed by atoms with Gasteiger partial charge in [0.25, 0.3) is 0 Å². The summed E-state index contributed by atoms with van der Waals surface area (Å²) in [6.07, 6.45) is 2.71. The summed E-state index contributed by atoms with van der Waals surface area (Å²) in [5.74, 6) is -1.19. The first-order valence-corrected chi connectivity index (χ1v) is 8.00. The van der Waals surface area contributed by atoms with E-state index in [2.05, 4.69) is 13.2 Å². The van der Waals surface area contributed by atoms with Crippen LogP contribution >= 0.6 is 0 Å². The van der Waals surface area contributed by atoms with E-state index in [1.165, 1.54) is 14.0 Å². The van der Waals surface area contributed by atoms with Gasteiger partial charge in [0.15, 0.2) is 0 Å². The summed E-state index contributed by atoms with van der Waals surface area (Å²) in [5, 5.41) is 11.4. The third-order valence-electron chi connectivity index (χ3n) is 5.70. The number of esters is 2. The number of ether oxygens (including phenoxy) is 2. The molecule has 23 heavy (non-hydrogen) atoms. The second-order valence-corrected chi connectivity index (χ2v) is 6.99. The number of carbonyl (C=O) groups is 2. The van der Waals surface area contributed by atoms with E-state index in [-0.39, 0.29) is 11.9 Å². The van der Waals surface area contributed by atoms with E-state index in [1.54, 1.807) is 0 Å². The van der Waals surface area contributed by atoms with E-state index < -0.39 is 23.1 Å². The van der Waals surface area contributed by atoms with Crippen LogP contribution in [-0.2, 0) is 19.1 Å². The smallest absolute Gasteiger partial charge is 0.333 e. The standard InChI is InChI=1S/C18H26O5/c1-11-7-6-8-17(4)15(23-13(3)19)9-14(10-18(11,17)21)12(2)16(20)22-5/h14-15,21H,1-2,6-10H2,3-5H3/t14-,15+,17-,18-/m1/s1. The lowest BCUT2D eigenvalue weighted by Gasteiger charge is -2.57. The zero-order valence-electron chi connectivity index (χ0n) is 14.2. The average molecular weight is 322 g/mol. The normalized spacial score (nSPS) is 36.8. The van der Waals surface area contributed by atoms with Crippen LogP contribution in [0.25, 0.3) is 0 Å². The molecule has 0 unspecified atom stereocenters. The molecule has 0 spiro atoms. The third-order valence-corrected chi connectivity index (χ3v) is 5.70. The fourth-order valence-electron chi connectivity index (χ4n) is 4.19. The summed E-state index contributed by atoms with van der Waals surface area (Å²) >= 11 is 0. The van der Waals surface area contributed by atoms with Gasteiger partial charge in [0.2, 0.25) is 0 Å². The molecule has 0 bridgehead atoms. The number of hydrogen-bond donors (Lipinski definition) is 1. The van der Waals surface area contributed by atoms with Crippen molar-refractivity contribution in [3.63, 3.8) is 0 Å². The van der Waals surface area contributed by atoms with Gasteiger partial charge >= 0.3 is 11.9 Å². The molecule has 5 nitrogen and oxygen atoms in total. The van der Waals surface area contributed by atoms with Crippen molar-refractivity contribution in [1.82, 2.24) is 0 Å². The highest BCUT2D eigenvalue weighted by Gasteiger charge is 2.60. The zero-order chi connectivity index (χ0) is 17.4. The fourth-order valence-corrected chi connectivity index (χ4v) is 4.19. The summed E-state index contributed by atoms with van der Waals surface area (Å²) in [6, 6.07) is 0. The van der Waals surface area contributed by atoms with E-state index >= 15 is 0 Å². The first-order chi connectivity index (χ1) is 10.7. The average Bonchev–Trinajstić information content (AvgIpc) is 2.48. The summed E-state index contributed by atoms with van der Waals surface area (Å²) < 4.78 is 10.3. The minimum atomic E-state index is -1.18. The maximum atomic E-state index is 11.8. The summed E-state index contributed by atoms with van der Waals surface area (Å²) in [5.41, 5.74) is -0.726. The van der Waals surface area contributed by atoms with Gasteiger partial charge in [-0.2, -0.15) is 0 Å². The van der Waals surface area contributed by atoms with Crippen molar-refractivity contribution in [1.29, 1.82) is 0 Å². The molecular weight excluding hydrogens is 296 g/mol. The molecule has 0 amide bonds. The largest absolute Gasteiger partial charge is 0.466 e. The SMILES string of the molecule is C=C(C(=O)OC)[C@@H]1C[C@H](OC(C)=O)[C@@]2(C)CCCC(=C)[C@]2(O)C1. The van der Waals surface area contributed by atoms with Crippen LogP contribution in [0.3, 0.4) is 0 Å². The molecule has 2 aliphatic carbocycles. The van der Waals surface area contributed by atoms with Gasteiger partial charge in [-0.15, -0.1) is 0 Å². The van der Waals surface area contributed by atoms with E-state index in [1.807, 2.05) is 6.92 Å². The fraction of sp³-hybridized carbons (Fsp3) is 0.667. The van der Waals surface area contributed by atoms with Crippen LogP contribution < -0.4 is 0 Å². The first kappa shape index (κ1) is 17.7. The van der Waals surface area contributed by atoms with E-state index in [0.717, 1.165) is 24.8 Å². The van der Waals surface area contributed by atoms with E-state index in [0.29, 0.717) is 18.4 Å². The second-order valence-electron chi connectivity index (χ2n) is 6.99. The van der Waals surface area contributed by atoms with Gasteiger partial charge in [-0.25, -0.2) is 4.79 Å². The highest BCUT2D eigenvalue weighted by molar-refractivity contribution is 5.88. The predicted molar refractivity (Wildman–Crippen MR) is 85.5 cm³/mol. The minimum absolute atomic E-state index is 0.304. The molecule has 0 aromatic carbocycles. The Balaban J connectivity index is 2.40. The minimum Gasteiger partial charge on any atom is -0.466 e. The quantitative estimate of drug-likeness (QED) is 0.491. The Labute approximate surface area is 137 Å². The lowest BCUT2D eigenvalue weighted by Crippen LogP contribution is -2.61. The number of fused-ring (bicyclic) bond motifs is 1. The van der Waals surface area contributed by atoms with Gasteiger partial charge in [-0.1, -0.05) is 20.1 Å². The monoisotopic (exact) mass is 322 g/mol. The molecule has 0 aliphatic heterocycles. The van der Waals surface area contributed by atoms with Crippen molar-refractivity contribution in [2.45, 2.75) is 57.7 Å². The number of rotatable bonds is 3. The lowest BCUT2D eigenvalue weighted by atomic mass is 9.52. The molecule has 2 rings (SSSR count). The summed E-state index contributed by atoms with van der Waals surface area (Å²) in [7, 11) is 1.30. The van der Waals surface area contributed by atoms with Crippen molar-refractivity contribution in [2.24, 2.45) is 11.3 Å². The first-order valence-electron chi connectivity index (χ1n) is 8.00. The molecular formula is C18H26O5. The topological polar surface area (TPSA) is 72.8 Å². The summed E-state index contributed by atoms with van der Waals surface area (Å²) in [4.78, 5) is 23.4. The Hall–Kier alpha value is -1.62. The number of aliphatic hydroxyl groups is 1. The molecule has 0 radical (unpaired) electrons. The van der Waals surface area contributed by atoms with Gasteiger partial charge in [0, 0.05) is 17.9 Å². The molecule has 1 N–H and O–H groups in total. The molecule has 128 valence electrons. The van der Waals surface area contributed by atoms with Crippen molar-refractivity contribution in [3.8, 4) is 0 Å². The van der Waals surface area contributed by atoms with Gasteiger partial charge in [0.1, 0.15) is 6.10 Å². The predicted octanol–water partition coefficient (Wildman–Crippen LogP) is 2.53. The zero-order valence-corrected chi connectivity index (χ0v) is 14.2. The highest BCUT2D eigenvalue weighted by Crippen LogP contribution is 2.57. The van der Waals surface area contributed by atoms with Gasteiger partial charge in [-0.05, 0) is 43.6 Å². The van der Waals surface area contributed by atoms with Crippen LogP contribution in [0, 0.1) is 11.3 Å². The molecule has 2 saturated carbocycles. The van der Waals surface area contributed by atoms with Crippen LogP contribution in [0.2, 0.25) is 0 Å². The molecule has 2 fully saturated rings. The van der Waals surface area contributed by atoms with Crippen LogP contribution in [0.1, 0.15) is 46.0 Å². The molecule has 0 aromatic heterocycles. The van der Waals surface area contributed by atoms with E-state index in [4.69, 9.17) is 9.47 Å². The molecule has 5 heteroatoms. The van der Waals surface area contributed by atoms with Crippen molar-refractivity contribution >= 4 is 11.9 Å². The molecule has 2 aliphatic rings. The second kappa shape index (κ2) is 6.11. The van der Waals surface area contributed by atoms with Crippen LogP contribution in [0.15, 0.2) is 24.3 Å². The Kier molecular flexibility index (Phi) is 4.71. The van der Waals surface area contributed by atoms with Gasteiger partial charge < -0.3 is 14.6 Å². The summed E-state index contributed by atoms with van der Waals surface area (Å²) in [6.45, 7) is 11.2. The highest BCUT2D eigenvalue weighted by atomic mass is 16.5. The Morgan fingerprint density at radius 1 is 1.39 bits per heavy atom. The molecule has 0 aromatic rings. The van der Waals surface area contributed by atoms with Crippen molar-refractivity contribution in [2.75, 3.05) is 7.11 Å². The lowest BCUT2D eigenvalue weighted by molar-refractivity contribution is -0.193. The maximum Gasteiger partial charge on any atom is 0.333 e.